The summed E-state index contributed by atoms with van der Waals surface area (Å²) >= 11 is 2.03. The first-order valence-corrected chi connectivity index (χ1v) is 8.95. The number of thioether (sulfide) groups is 1. The molecular weight excluding hydrogens is 308 g/mol. The molecule has 0 aromatic carbocycles. The Morgan fingerprint density at radius 2 is 2.10 bits per heavy atom. The number of carbonyl (C=O) groups is 1. The Morgan fingerprint density at radius 3 is 2.71 bits per heavy atom. The molecule has 1 amide bonds. The van der Waals surface area contributed by atoms with Crippen LogP contribution < -0.4 is 11.1 Å². The number of amides is 1. The molecule has 2 aliphatic rings. The van der Waals surface area contributed by atoms with Crippen LogP contribution in [0, 0.1) is 5.41 Å². The summed E-state index contributed by atoms with van der Waals surface area (Å²) in [6.45, 7) is 3.95. The van der Waals surface area contributed by atoms with Crippen LogP contribution in [0.15, 0.2) is 0 Å². The van der Waals surface area contributed by atoms with Crippen LogP contribution in [-0.4, -0.2) is 42.7 Å². The van der Waals surface area contributed by atoms with Crippen molar-refractivity contribution in [3.05, 3.63) is 0 Å². The summed E-state index contributed by atoms with van der Waals surface area (Å²) in [6.07, 6.45) is 6.26. The van der Waals surface area contributed by atoms with Gasteiger partial charge in [-0.2, -0.15) is 11.8 Å². The van der Waals surface area contributed by atoms with Crippen LogP contribution in [0.3, 0.4) is 0 Å². The van der Waals surface area contributed by atoms with Gasteiger partial charge in [0.15, 0.2) is 0 Å². The van der Waals surface area contributed by atoms with Gasteiger partial charge in [0.1, 0.15) is 0 Å². The Balaban J connectivity index is 0.00000220. The largest absolute Gasteiger partial charge is 0.381 e. The van der Waals surface area contributed by atoms with Gasteiger partial charge >= 0.3 is 0 Å². The number of halogens is 1. The van der Waals surface area contributed by atoms with E-state index in [4.69, 9.17) is 10.5 Å². The van der Waals surface area contributed by atoms with E-state index >= 15 is 0 Å². The van der Waals surface area contributed by atoms with E-state index in [1.807, 2.05) is 11.8 Å². The lowest BCUT2D eigenvalue weighted by molar-refractivity contribution is -0.136. The highest BCUT2D eigenvalue weighted by Crippen LogP contribution is 2.32. The molecule has 2 fully saturated rings. The summed E-state index contributed by atoms with van der Waals surface area (Å²) < 4.78 is 5.38. The first kappa shape index (κ1) is 19.1. The lowest BCUT2D eigenvalue weighted by atomic mass is 9.79. The zero-order valence-corrected chi connectivity index (χ0v) is 14.6. The zero-order chi connectivity index (χ0) is 14.4. The summed E-state index contributed by atoms with van der Waals surface area (Å²) in [4.78, 5) is 12.6. The number of nitrogens with one attached hydrogen (secondary N) is 1. The molecule has 2 rings (SSSR count). The van der Waals surface area contributed by atoms with E-state index < -0.39 is 0 Å². The van der Waals surface area contributed by atoms with Crippen molar-refractivity contribution in [1.29, 1.82) is 0 Å². The molecular formula is C15H29ClN2O2S. The standard InChI is InChI=1S/C15H28N2O2S.ClH/c1-2-20-13-5-3-4-12(10-13)17-14(18)15(11-16)6-8-19-9-7-15;/h12-13H,2-11,16H2,1H3,(H,17,18);1H. The van der Waals surface area contributed by atoms with E-state index in [0.29, 0.717) is 31.1 Å². The highest BCUT2D eigenvalue weighted by Gasteiger charge is 2.39. The van der Waals surface area contributed by atoms with E-state index in [0.717, 1.165) is 31.4 Å². The maximum atomic E-state index is 12.6. The minimum atomic E-state index is -0.386. The second kappa shape index (κ2) is 9.23. The molecule has 1 saturated heterocycles. The summed E-state index contributed by atoms with van der Waals surface area (Å²) in [5.74, 6) is 1.32. The Morgan fingerprint density at radius 1 is 1.38 bits per heavy atom. The zero-order valence-electron chi connectivity index (χ0n) is 12.9. The topological polar surface area (TPSA) is 64.4 Å². The van der Waals surface area contributed by atoms with Crippen LogP contribution in [0.5, 0.6) is 0 Å². The highest BCUT2D eigenvalue weighted by molar-refractivity contribution is 7.99. The first-order valence-electron chi connectivity index (χ1n) is 7.90. The Labute approximate surface area is 138 Å². The van der Waals surface area contributed by atoms with Gasteiger partial charge < -0.3 is 15.8 Å². The molecule has 3 N–H and O–H groups in total. The molecule has 1 aliphatic carbocycles. The van der Waals surface area contributed by atoms with Gasteiger partial charge in [-0.3, -0.25) is 4.79 Å². The van der Waals surface area contributed by atoms with E-state index in [1.54, 1.807) is 0 Å². The number of nitrogens with two attached hydrogens (primary N) is 1. The second-order valence-electron chi connectivity index (χ2n) is 6.01. The molecule has 6 heteroatoms. The molecule has 1 aliphatic heterocycles. The molecule has 2 unspecified atom stereocenters. The number of hydrogen-bond donors (Lipinski definition) is 2. The van der Waals surface area contributed by atoms with Crippen LogP contribution in [0.2, 0.25) is 0 Å². The maximum Gasteiger partial charge on any atom is 0.227 e. The highest BCUT2D eigenvalue weighted by atomic mass is 35.5. The molecule has 21 heavy (non-hydrogen) atoms. The minimum absolute atomic E-state index is 0. The number of ether oxygens (including phenoxy) is 1. The van der Waals surface area contributed by atoms with Gasteiger partial charge in [-0.25, -0.2) is 0 Å². The fourth-order valence-corrected chi connectivity index (χ4v) is 4.46. The summed E-state index contributed by atoms with van der Waals surface area (Å²) in [6, 6.07) is 0.339. The lowest BCUT2D eigenvalue weighted by Gasteiger charge is -2.37. The molecule has 4 nitrogen and oxygen atoms in total. The third kappa shape index (κ3) is 5.02. The molecule has 0 radical (unpaired) electrons. The van der Waals surface area contributed by atoms with Crippen molar-refractivity contribution in [3.63, 3.8) is 0 Å². The number of rotatable bonds is 5. The predicted molar refractivity (Wildman–Crippen MR) is 91.1 cm³/mol. The van der Waals surface area contributed by atoms with Crippen molar-refractivity contribution in [2.45, 2.75) is 56.7 Å². The van der Waals surface area contributed by atoms with E-state index in [1.165, 1.54) is 12.8 Å². The monoisotopic (exact) mass is 336 g/mol. The summed E-state index contributed by atoms with van der Waals surface area (Å²) in [5.41, 5.74) is 5.51. The molecule has 2 atom stereocenters. The fourth-order valence-electron chi connectivity index (χ4n) is 3.29. The van der Waals surface area contributed by atoms with Gasteiger partial charge in [0.2, 0.25) is 5.91 Å². The van der Waals surface area contributed by atoms with E-state index in [9.17, 15) is 4.79 Å². The number of carbonyl (C=O) groups excluding carboxylic acids is 1. The quantitative estimate of drug-likeness (QED) is 0.808. The smallest absolute Gasteiger partial charge is 0.227 e. The van der Waals surface area contributed by atoms with Gasteiger partial charge in [-0.05, 0) is 37.9 Å². The van der Waals surface area contributed by atoms with Crippen LogP contribution in [0.25, 0.3) is 0 Å². The first-order chi connectivity index (χ1) is 9.70. The van der Waals surface area contributed by atoms with Gasteiger partial charge in [0.05, 0.1) is 5.41 Å². The van der Waals surface area contributed by atoms with Crippen molar-refractivity contribution in [2.24, 2.45) is 11.1 Å². The summed E-state index contributed by atoms with van der Waals surface area (Å²) in [7, 11) is 0. The van der Waals surface area contributed by atoms with Crippen molar-refractivity contribution in [2.75, 3.05) is 25.5 Å². The van der Waals surface area contributed by atoms with E-state index in [2.05, 4.69) is 12.2 Å². The number of hydrogen-bond acceptors (Lipinski definition) is 4. The average Bonchev–Trinajstić information content (AvgIpc) is 2.48. The van der Waals surface area contributed by atoms with Crippen LogP contribution in [0.1, 0.15) is 45.4 Å². The summed E-state index contributed by atoms with van der Waals surface area (Å²) in [5, 5.41) is 3.99. The molecule has 0 spiro atoms. The molecule has 1 heterocycles. The molecule has 1 saturated carbocycles. The van der Waals surface area contributed by atoms with Crippen LogP contribution in [-0.2, 0) is 9.53 Å². The molecule has 0 aromatic rings. The van der Waals surface area contributed by atoms with Crippen LogP contribution in [0.4, 0.5) is 0 Å². The normalized spacial score (nSPS) is 28.5. The van der Waals surface area contributed by atoms with Crippen molar-refractivity contribution >= 4 is 30.1 Å². The second-order valence-corrected chi connectivity index (χ2v) is 7.59. The van der Waals surface area contributed by atoms with E-state index in [-0.39, 0.29) is 23.7 Å². The Kier molecular flexibility index (Phi) is 8.39. The molecule has 0 aromatic heterocycles. The SMILES string of the molecule is CCSC1CCCC(NC(=O)C2(CN)CCOCC2)C1.Cl. The van der Waals surface area contributed by atoms with Crippen molar-refractivity contribution in [1.82, 2.24) is 5.32 Å². The van der Waals surface area contributed by atoms with Crippen LogP contribution >= 0.6 is 24.2 Å². The Hall–Kier alpha value is 0.0300. The lowest BCUT2D eigenvalue weighted by Crippen LogP contribution is -2.52. The fraction of sp³-hybridized carbons (Fsp3) is 0.933. The van der Waals surface area contributed by atoms with Gasteiger partial charge in [0.25, 0.3) is 0 Å². The molecule has 124 valence electrons. The van der Waals surface area contributed by atoms with Gasteiger partial charge in [0, 0.05) is 31.1 Å². The van der Waals surface area contributed by atoms with Crippen molar-refractivity contribution < 1.29 is 9.53 Å². The van der Waals surface area contributed by atoms with Gasteiger partial charge in [-0.15, -0.1) is 12.4 Å². The minimum Gasteiger partial charge on any atom is -0.381 e. The van der Waals surface area contributed by atoms with Crippen molar-refractivity contribution in [3.8, 4) is 0 Å². The third-order valence-corrected chi connectivity index (χ3v) is 5.92. The van der Waals surface area contributed by atoms with Gasteiger partial charge in [-0.1, -0.05) is 13.3 Å². The Bertz CT molecular complexity index is 323. The average molecular weight is 337 g/mol. The predicted octanol–water partition coefficient (Wildman–Crippen LogP) is 2.34. The maximum absolute atomic E-state index is 12.6. The molecule has 0 bridgehead atoms. The third-order valence-electron chi connectivity index (χ3n) is 4.69.